The molecule has 0 unspecified atom stereocenters. The SMILES string of the molecule is COC(=O)c1coc(CN[C@@H](C)c2ccccc2C)c1. The maximum absolute atomic E-state index is 11.3. The van der Waals surface area contributed by atoms with Gasteiger partial charge in [0.25, 0.3) is 0 Å². The van der Waals surface area contributed by atoms with Gasteiger partial charge in [-0.3, -0.25) is 0 Å². The zero-order valence-corrected chi connectivity index (χ0v) is 12.0. The number of hydrogen-bond acceptors (Lipinski definition) is 4. The molecule has 4 nitrogen and oxygen atoms in total. The van der Waals surface area contributed by atoms with Crippen LogP contribution in [-0.2, 0) is 11.3 Å². The number of carbonyl (C=O) groups is 1. The van der Waals surface area contributed by atoms with E-state index in [-0.39, 0.29) is 12.0 Å². The standard InChI is InChI=1S/C16H19NO3/c1-11-6-4-5-7-15(11)12(2)17-9-14-8-13(10-20-14)16(18)19-3/h4-8,10,12,17H,9H2,1-3H3/t12-/m0/s1. The van der Waals surface area contributed by atoms with Crippen LogP contribution in [0.2, 0.25) is 0 Å². The summed E-state index contributed by atoms with van der Waals surface area (Å²) in [6.07, 6.45) is 1.42. The number of benzene rings is 1. The van der Waals surface area contributed by atoms with Crippen molar-refractivity contribution >= 4 is 5.97 Å². The molecule has 0 saturated heterocycles. The monoisotopic (exact) mass is 273 g/mol. The Labute approximate surface area is 118 Å². The average Bonchev–Trinajstić information content (AvgIpc) is 2.93. The lowest BCUT2D eigenvalue weighted by molar-refractivity contribution is 0.0600. The normalized spacial score (nSPS) is 12.2. The zero-order chi connectivity index (χ0) is 14.5. The van der Waals surface area contributed by atoms with Crippen LogP contribution in [0.3, 0.4) is 0 Å². The topological polar surface area (TPSA) is 51.5 Å². The highest BCUT2D eigenvalue weighted by atomic mass is 16.5. The summed E-state index contributed by atoms with van der Waals surface area (Å²) in [5.41, 5.74) is 2.95. The molecule has 0 fully saturated rings. The second-order valence-corrected chi connectivity index (χ2v) is 4.75. The van der Waals surface area contributed by atoms with Crippen LogP contribution in [0, 0.1) is 6.92 Å². The first-order valence-corrected chi connectivity index (χ1v) is 6.56. The number of esters is 1. The fourth-order valence-electron chi connectivity index (χ4n) is 2.13. The summed E-state index contributed by atoms with van der Waals surface area (Å²) < 4.78 is 9.98. The first-order chi connectivity index (χ1) is 9.61. The van der Waals surface area contributed by atoms with E-state index in [0.29, 0.717) is 17.9 Å². The minimum Gasteiger partial charge on any atom is -0.467 e. The summed E-state index contributed by atoms with van der Waals surface area (Å²) in [6, 6.07) is 10.2. The lowest BCUT2D eigenvalue weighted by atomic mass is 10.0. The molecule has 20 heavy (non-hydrogen) atoms. The molecule has 1 aromatic carbocycles. The number of rotatable bonds is 5. The largest absolute Gasteiger partial charge is 0.467 e. The Morgan fingerprint density at radius 3 is 2.85 bits per heavy atom. The number of methoxy groups -OCH3 is 1. The van der Waals surface area contributed by atoms with Gasteiger partial charge in [-0.2, -0.15) is 0 Å². The molecule has 1 N–H and O–H groups in total. The Morgan fingerprint density at radius 1 is 1.40 bits per heavy atom. The fourth-order valence-corrected chi connectivity index (χ4v) is 2.13. The van der Waals surface area contributed by atoms with Gasteiger partial charge >= 0.3 is 5.97 Å². The second kappa shape index (κ2) is 6.39. The van der Waals surface area contributed by atoms with Gasteiger partial charge in [-0.05, 0) is 31.0 Å². The van der Waals surface area contributed by atoms with E-state index in [1.807, 2.05) is 12.1 Å². The average molecular weight is 273 g/mol. The first kappa shape index (κ1) is 14.3. The third kappa shape index (κ3) is 3.27. The number of ether oxygens (including phenoxy) is 1. The molecule has 106 valence electrons. The highest BCUT2D eigenvalue weighted by molar-refractivity contribution is 5.88. The molecule has 1 aromatic heterocycles. The van der Waals surface area contributed by atoms with Gasteiger partial charge in [0.05, 0.1) is 19.2 Å². The maximum atomic E-state index is 11.3. The molecule has 4 heteroatoms. The van der Waals surface area contributed by atoms with Crippen molar-refractivity contribution in [3.05, 3.63) is 59.0 Å². The Balaban J connectivity index is 1.97. The van der Waals surface area contributed by atoms with Crippen molar-refractivity contribution in [3.8, 4) is 0 Å². The summed E-state index contributed by atoms with van der Waals surface area (Å²) in [7, 11) is 1.35. The van der Waals surface area contributed by atoms with Crippen molar-refractivity contribution in [1.82, 2.24) is 5.32 Å². The summed E-state index contributed by atoms with van der Waals surface area (Å²) >= 11 is 0. The molecule has 0 radical (unpaired) electrons. The van der Waals surface area contributed by atoms with Crippen LogP contribution in [0.5, 0.6) is 0 Å². The molecule has 1 heterocycles. The molecule has 0 saturated carbocycles. The molecule has 0 aliphatic heterocycles. The summed E-state index contributed by atoms with van der Waals surface area (Å²) in [5, 5.41) is 3.38. The smallest absolute Gasteiger partial charge is 0.341 e. The van der Waals surface area contributed by atoms with Crippen LogP contribution >= 0.6 is 0 Å². The van der Waals surface area contributed by atoms with Gasteiger partial charge in [0.2, 0.25) is 0 Å². The molecule has 0 amide bonds. The van der Waals surface area contributed by atoms with Gasteiger partial charge in [0, 0.05) is 6.04 Å². The number of furan rings is 1. The lowest BCUT2D eigenvalue weighted by Gasteiger charge is -2.15. The van der Waals surface area contributed by atoms with Crippen molar-refractivity contribution < 1.29 is 13.9 Å². The van der Waals surface area contributed by atoms with Gasteiger partial charge < -0.3 is 14.5 Å². The van der Waals surface area contributed by atoms with Crippen molar-refractivity contribution in [1.29, 1.82) is 0 Å². The lowest BCUT2D eigenvalue weighted by Crippen LogP contribution is -2.18. The van der Waals surface area contributed by atoms with Crippen LogP contribution < -0.4 is 5.32 Å². The second-order valence-electron chi connectivity index (χ2n) is 4.75. The van der Waals surface area contributed by atoms with E-state index in [1.165, 1.54) is 24.5 Å². The van der Waals surface area contributed by atoms with Gasteiger partial charge in [0.1, 0.15) is 12.0 Å². The predicted octanol–water partition coefficient (Wildman–Crippen LogP) is 3.23. The summed E-state index contributed by atoms with van der Waals surface area (Å²) in [5.74, 6) is 0.331. The van der Waals surface area contributed by atoms with Crippen molar-refractivity contribution in [2.75, 3.05) is 7.11 Å². The van der Waals surface area contributed by atoms with E-state index >= 15 is 0 Å². The maximum Gasteiger partial charge on any atom is 0.341 e. The van der Waals surface area contributed by atoms with Crippen LogP contribution in [0.25, 0.3) is 0 Å². The summed E-state index contributed by atoms with van der Waals surface area (Å²) in [4.78, 5) is 11.3. The highest BCUT2D eigenvalue weighted by Gasteiger charge is 2.12. The number of aryl methyl sites for hydroxylation is 1. The quantitative estimate of drug-likeness (QED) is 0.850. The van der Waals surface area contributed by atoms with Gasteiger partial charge in [-0.1, -0.05) is 24.3 Å². The fraction of sp³-hybridized carbons (Fsp3) is 0.312. The van der Waals surface area contributed by atoms with Crippen LogP contribution in [-0.4, -0.2) is 13.1 Å². The number of nitrogens with one attached hydrogen (secondary N) is 1. The molecule has 2 aromatic rings. The van der Waals surface area contributed by atoms with Crippen LogP contribution in [0.15, 0.2) is 41.0 Å². The van der Waals surface area contributed by atoms with Crippen LogP contribution in [0.4, 0.5) is 0 Å². The molecule has 2 rings (SSSR count). The van der Waals surface area contributed by atoms with E-state index in [9.17, 15) is 4.79 Å². The van der Waals surface area contributed by atoms with Crippen molar-refractivity contribution in [2.24, 2.45) is 0 Å². The van der Waals surface area contributed by atoms with Gasteiger partial charge in [-0.15, -0.1) is 0 Å². The molecule has 1 atom stereocenters. The number of carbonyl (C=O) groups excluding carboxylic acids is 1. The van der Waals surface area contributed by atoms with E-state index in [0.717, 1.165) is 0 Å². The van der Waals surface area contributed by atoms with Gasteiger partial charge in [-0.25, -0.2) is 4.79 Å². The zero-order valence-electron chi connectivity index (χ0n) is 12.0. The Bertz CT molecular complexity index is 589. The van der Waals surface area contributed by atoms with E-state index in [1.54, 1.807) is 6.07 Å². The molecular weight excluding hydrogens is 254 g/mol. The predicted molar refractivity (Wildman–Crippen MR) is 76.5 cm³/mol. The Kier molecular flexibility index (Phi) is 4.58. The minimum atomic E-state index is -0.382. The number of hydrogen-bond donors (Lipinski definition) is 1. The Morgan fingerprint density at radius 2 is 2.15 bits per heavy atom. The summed E-state index contributed by atoms with van der Waals surface area (Å²) in [6.45, 7) is 4.76. The third-order valence-electron chi connectivity index (χ3n) is 3.31. The van der Waals surface area contributed by atoms with Crippen LogP contribution in [0.1, 0.15) is 40.2 Å². The molecule has 0 aliphatic rings. The molecular formula is C16H19NO3. The van der Waals surface area contributed by atoms with E-state index < -0.39 is 0 Å². The van der Waals surface area contributed by atoms with E-state index in [2.05, 4.69) is 36.0 Å². The minimum absolute atomic E-state index is 0.211. The van der Waals surface area contributed by atoms with Crippen molar-refractivity contribution in [3.63, 3.8) is 0 Å². The Hall–Kier alpha value is -2.07. The van der Waals surface area contributed by atoms with E-state index in [4.69, 9.17) is 4.42 Å². The first-order valence-electron chi connectivity index (χ1n) is 6.56. The highest BCUT2D eigenvalue weighted by Crippen LogP contribution is 2.17. The molecule has 0 aliphatic carbocycles. The van der Waals surface area contributed by atoms with Crippen molar-refractivity contribution in [2.45, 2.75) is 26.4 Å². The van der Waals surface area contributed by atoms with Gasteiger partial charge in [0.15, 0.2) is 0 Å². The third-order valence-corrected chi connectivity index (χ3v) is 3.31. The molecule has 0 spiro atoms. The molecule has 0 bridgehead atoms.